The zero-order valence-electron chi connectivity index (χ0n) is 9.82. The normalized spacial score (nSPS) is 29.2. The Hall–Kier alpha value is -1.09. The summed E-state index contributed by atoms with van der Waals surface area (Å²) in [6, 6.07) is 5.08. The van der Waals surface area contributed by atoms with Gasteiger partial charge >= 0.3 is 0 Å². The third kappa shape index (κ3) is 1.80. The van der Waals surface area contributed by atoms with Gasteiger partial charge in [0.25, 0.3) is 0 Å². The van der Waals surface area contributed by atoms with Crippen LogP contribution in [0.25, 0.3) is 0 Å². The molecule has 0 aliphatic carbocycles. The first-order chi connectivity index (χ1) is 7.83. The molecule has 0 bridgehead atoms. The monoisotopic (exact) mass is 217 g/mol. The number of anilines is 1. The van der Waals surface area contributed by atoms with E-state index in [1.807, 2.05) is 13.1 Å². The molecule has 2 saturated heterocycles. The van der Waals surface area contributed by atoms with Crippen molar-refractivity contribution in [2.45, 2.75) is 25.8 Å². The lowest BCUT2D eigenvalue weighted by molar-refractivity contribution is 0.376. The van der Waals surface area contributed by atoms with Crippen molar-refractivity contribution in [3.05, 3.63) is 24.0 Å². The zero-order valence-corrected chi connectivity index (χ0v) is 9.82. The van der Waals surface area contributed by atoms with Gasteiger partial charge in [0.2, 0.25) is 0 Å². The summed E-state index contributed by atoms with van der Waals surface area (Å²) >= 11 is 0. The van der Waals surface area contributed by atoms with E-state index in [1.54, 1.807) is 0 Å². The second-order valence-corrected chi connectivity index (χ2v) is 5.00. The highest BCUT2D eigenvalue weighted by Gasteiger charge is 2.32. The highest BCUT2D eigenvalue weighted by molar-refractivity contribution is 5.45. The average molecular weight is 217 g/mol. The van der Waals surface area contributed by atoms with Gasteiger partial charge in [0, 0.05) is 24.8 Å². The Morgan fingerprint density at radius 2 is 2.31 bits per heavy atom. The summed E-state index contributed by atoms with van der Waals surface area (Å²) in [5, 5.41) is 3.60. The van der Waals surface area contributed by atoms with E-state index < -0.39 is 0 Å². The van der Waals surface area contributed by atoms with E-state index in [1.165, 1.54) is 38.2 Å². The summed E-state index contributed by atoms with van der Waals surface area (Å²) in [6.45, 7) is 5.60. The molecule has 3 nitrogen and oxygen atoms in total. The maximum Gasteiger partial charge on any atom is 0.0553 e. The molecule has 2 fully saturated rings. The molecule has 2 atom stereocenters. The van der Waals surface area contributed by atoms with Crippen LogP contribution in [0.5, 0.6) is 0 Å². The molecule has 0 amide bonds. The first kappa shape index (κ1) is 10.1. The summed E-state index contributed by atoms with van der Waals surface area (Å²) in [4.78, 5) is 6.87. The molecule has 2 aliphatic rings. The smallest absolute Gasteiger partial charge is 0.0553 e. The van der Waals surface area contributed by atoms with Crippen LogP contribution in [-0.2, 0) is 0 Å². The van der Waals surface area contributed by atoms with E-state index in [4.69, 9.17) is 0 Å². The molecular formula is C13H19N3. The predicted octanol–water partition coefficient (Wildman–Crippen LogP) is 1.58. The molecule has 86 valence electrons. The van der Waals surface area contributed by atoms with Crippen LogP contribution in [0.2, 0.25) is 0 Å². The van der Waals surface area contributed by atoms with Crippen LogP contribution in [0.1, 0.15) is 18.5 Å². The Labute approximate surface area is 96.9 Å². The van der Waals surface area contributed by atoms with Crippen LogP contribution in [0.15, 0.2) is 18.3 Å². The number of pyridine rings is 1. The van der Waals surface area contributed by atoms with Gasteiger partial charge in [-0.2, -0.15) is 0 Å². The minimum Gasteiger partial charge on any atom is -0.370 e. The third-order valence-corrected chi connectivity index (χ3v) is 3.92. The number of fused-ring (bicyclic) bond motifs is 1. The summed E-state index contributed by atoms with van der Waals surface area (Å²) in [5.41, 5.74) is 2.39. The van der Waals surface area contributed by atoms with Crippen molar-refractivity contribution in [1.82, 2.24) is 10.3 Å². The molecule has 3 rings (SSSR count). The molecule has 1 aromatic heterocycles. The van der Waals surface area contributed by atoms with Gasteiger partial charge in [-0.3, -0.25) is 4.98 Å². The van der Waals surface area contributed by atoms with Crippen molar-refractivity contribution in [1.29, 1.82) is 0 Å². The van der Waals surface area contributed by atoms with Crippen LogP contribution >= 0.6 is 0 Å². The second-order valence-electron chi connectivity index (χ2n) is 5.00. The van der Waals surface area contributed by atoms with Gasteiger partial charge in [0.15, 0.2) is 0 Å². The first-order valence-electron chi connectivity index (χ1n) is 6.24. The van der Waals surface area contributed by atoms with Crippen LogP contribution < -0.4 is 10.2 Å². The van der Waals surface area contributed by atoms with Crippen molar-refractivity contribution < 1.29 is 0 Å². The quantitative estimate of drug-likeness (QED) is 0.774. The van der Waals surface area contributed by atoms with Gasteiger partial charge in [-0.15, -0.1) is 0 Å². The molecule has 0 radical (unpaired) electrons. The minimum absolute atomic E-state index is 0.773. The van der Waals surface area contributed by atoms with E-state index in [2.05, 4.69) is 27.3 Å². The average Bonchev–Trinajstić information content (AvgIpc) is 2.77. The summed E-state index contributed by atoms with van der Waals surface area (Å²) in [5.74, 6) is 0.843. The van der Waals surface area contributed by atoms with Crippen LogP contribution in [-0.4, -0.2) is 30.7 Å². The van der Waals surface area contributed by atoms with E-state index in [0.29, 0.717) is 0 Å². The fourth-order valence-electron chi connectivity index (χ4n) is 2.93. The van der Waals surface area contributed by atoms with Crippen molar-refractivity contribution in [2.24, 2.45) is 5.92 Å². The lowest BCUT2D eigenvalue weighted by atomic mass is 9.93. The topological polar surface area (TPSA) is 28.2 Å². The fourth-order valence-corrected chi connectivity index (χ4v) is 2.93. The lowest BCUT2D eigenvalue weighted by Crippen LogP contribution is -2.44. The molecule has 0 aromatic carbocycles. The summed E-state index contributed by atoms with van der Waals surface area (Å²) < 4.78 is 0. The van der Waals surface area contributed by atoms with Gasteiger partial charge in [0.1, 0.15) is 0 Å². The van der Waals surface area contributed by atoms with Crippen molar-refractivity contribution in [3.8, 4) is 0 Å². The molecule has 3 heteroatoms. The molecular weight excluding hydrogens is 198 g/mol. The van der Waals surface area contributed by atoms with Gasteiger partial charge in [-0.05, 0) is 44.4 Å². The molecule has 2 unspecified atom stereocenters. The Morgan fingerprint density at radius 3 is 3.12 bits per heavy atom. The van der Waals surface area contributed by atoms with E-state index in [0.717, 1.165) is 17.7 Å². The molecule has 3 heterocycles. The number of nitrogens with zero attached hydrogens (tertiary/aromatic N) is 2. The van der Waals surface area contributed by atoms with Gasteiger partial charge < -0.3 is 10.2 Å². The maximum absolute atomic E-state index is 4.38. The number of rotatable bonds is 1. The van der Waals surface area contributed by atoms with Crippen LogP contribution in [0.4, 0.5) is 5.69 Å². The number of aromatic nitrogens is 1. The number of nitrogens with one attached hydrogen (secondary N) is 1. The third-order valence-electron chi connectivity index (χ3n) is 3.92. The maximum atomic E-state index is 4.38. The molecule has 2 aliphatic heterocycles. The summed E-state index contributed by atoms with van der Waals surface area (Å²) in [7, 11) is 0. The van der Waals surface area contributed by atoms with Gasteiger partial charge in [-0.25, -0.2) is 0 Å². The molecule has 0 saturated carbocycles. The molecule has 16 heavy (non-hydrogen) atoms. The second kappa shape index (κ2) is 4.06. The number of hydrogen-bond donors (Lipinski definition) is 1. The SMILES string of the molecule is Cc1ccc(N2CCC3NCCC3C2)cn1. The van der Waals surface area contributed by atoms with E-state index in [-0.39, 0.29) is 0 Å². The fraction of sp³-hybridized carbons (Fsp3) is 0.615. The molecule has 1 aromatic rings. The predicted molar refractivity (Wildman–Crippen MR) is 65.7 cm³/mol. The van der Waals surface area contributed by atoms with Crippen LogP contribution in [0, 0.1) is 12.8 Å². The Morgan fingerprint density at radius 1 is 1.38 bits per heavy atom. The highest BCUT2D eigenvalue weighted by atomic mass is 15.2. The first-order valence-corrected chi connectivity index (χ1v) is 6.24. The minimum atomic E-state index is 0.773. The molecule has 1 N–H and O–H groups in total. The van der Waals surface area contributed by atoms with Crippen LogP contribution in [0.3, 0.4) is 0 Å². The highest BCUT2D eigenvalue weighted by Crippen LogP contribution is 2.27. The van der Waals surface area contributed by atoms with Gasteiger partial charge in [0.05, 0.1) is 11.9 Å². The Balaban J connectivity index is 1.74. The standard InChI is InChI=1S/C13H19N3/c1-10-2-3-12(8-15-10)16-7-5-13-11(9-16)4-6-14-13/h2-3,8,11,13-14H,4-7,9H2,1H3. The van der Waals surface area contributed by atoms with Crippen molar-refractivity contribution in [3.63, 3.8) is 0 Å². The largest absolute Gasteiger partial charge is 0.370 e. The van der Waals surface area contributed by atoms with Crippen molar-refractivity contribution in [2.75, 3.05) is 24.5 Å². The van der Waals surface area contributed by atoms with Gasteiger partial charge in [-0.1, -0.05) is 0 Å². The Kier molecular flexibility index (Phi) is 2.56. The lowest BCUT2D eigenvalue weighted by Gasteiger charge is -2.36. The zero-order chi connectivity index (χ0) is 11.0. The number of hydrogen-bond acceptors (Lipinski definition) is 3. The number of aryl methyl sites for hydroxylation is 1. The van der Waals surface area contributed by atoms with E-state index >= 15 is 0 Å². The van der Waals surface area contributed by atoms with E-state index in [9.17, 15) is 0 Å². The number of piperidine rings is 1. The molecule has 0 spiro atoms. The van der Waals surface area contributed by atoms with Crippen molar-refractivity contribution >= 4 is 5.69 Å². The Bertz CT molecular complexity index is 360. The summed E-state index contributed by atoms with van der Waals surface area (Å²) in [6.07, 6.45) is 4.62.